The van der Waals surface area contributed by atoms with E-state index in [9.17, 15) is 0 Å². The van der Waals surface area contributed by atoms with Crippen molar-refractivity contribution in [1.29, 1.82) is 0 Å². The molecular weight excluding hydrogens is 97.9 g/mol. The largest absolute Gasteiger partial charge is 0 e. The number of rotatable bonds is 0. The zero-order valence-electron chi connectivity index (χ0n) is 2.93. The summed E-state index contributed by atoms with van der Waals surface area (Å²) < 4.78 is 8.36. The topological polar surface area (TPSA) is 68.8 Å². The summed E-state index contributed by atoms with van der Waals surface area (Å²) in [7, 11) is -0.250. The molecule has 5 heavy (non-hydrogen) atoms. The maximum absolute atomic E-state index is 8.36. The number of hydrogen-bond donors (Lipinski definition) is 1. The second kappa shape index (κ2) is 18.7. The Kier molecular flexibility index (Phi) is 60.9. The van der Waals surface area contributed by atoms with Crippen molar-refractivity contribution < 1.29 is 15.2 Å². The molecule has 0 amide bonds. The normalized spacial score (nSPS) is 1.60. The molecule has 5 heteroatoms. The van der Waals surface area contributed by atoms with E-state index in [0.29, 0.717) is 0 Å². The van der Waals surface area contributed by atoms with Crippen molar-refractivity contribution in [2.24, 2.45) is 0 Å². The van der Waals surface area contributed by atoms with Crippen molar-refractivity contribution in [3.63, 3.8) is 0 Å². The van der Waals surface area contributed by atoms with Gasteiger partial charge in [0.1, 0.15) is 0 Å². The van der Waals surface area contributed by atoms with Crippen LogP contribution < -0.4 is 0 Å². The first-order valence-corrected chi connectivity index (χ1v) is 0.494. The molecule has 0 rings (SSSR count). The molecule has 25 valence electrons. The average molecular weight is 101 g/mol. The first-order valence-electron chi connectivity index (χ1n) is 0.494. The van der Waals surface area contributed by atoms with Gasteiger partial charge < -0.3 is 5.48 Å². The molecule has 0 heterocycles. The fourth-order valence-electron chi connectivity index (χ4n) is 0. The van der Waals surface area contributed by atoms with E-state index in [1.807, 2.05) is 0 Å². The molecule has 0 aromatic carbocycles. The zero-order chi connectivity index (χ0) is 2.71. The molecule has 0 fully saturated rings. The van der Waals surface area contributed by atoms with Crippen molar-refractivity contribution in [1.82, 2.24) is 0 Å². The van der Waals surface area contributed by atoms with E-state index in [4.69, 9.17) is 9.73 Å². The van der Waals surface area contributed by atoms with Crippen molar-refractivity contribution >= 4 is 58.7 Å². The van der Waals surface area contributed by atoms with Crippen LogP contribution in [-0.2, 0) is 4.70 Å². The minimum atomic E-state index is -0.250. The SMILES string of the molecule is O.O=BO.[K]. The van der Waals surface area contributed by atoms with Crippen LogP contribution in [0, 0.1) is 0 Å². The third kappa shape index (κ3) is 35.2. The molecule has 0 bridgehead atoms. The predicted molar refractivity (Wildman–Crippen MR) is 18.0 cm³/mol. The molecule has 0 spiro atoms. The Labute approximate surface area is 72.8 Å². The van der Waals surface area contributed by atoms with Crippen molar-refractivity contribution in [2.45, 2.75) is 0 Å². The minimum absolute atomic E-state index is 0. The quantitative estimate of drug-likeness (QED) is 0.350. The zero-order valence-corrected chi connectivity index (χ0v) is 6.06. The first kappa shape index (κ1) is 16.3. The van der Waals surface area contributed by atoms with Crippen LogP contribution in [-0.4, -0.2) is 69.2 Å². The molecule has 3 nitrogen and oxygen atoms in total. The van der Waals surface area contributed by atoms with E-state index in [1.54, 1.807) is 0 Å². The molecule has 0 aromatic rings. The van der Waals surface area contributed by atoms with Gasteiger partial charge >= 0.3 is 17.1 Å². The summed E-state index contributed by atoms with van der Waals surface area (Å²) >= 11 is 0. The molecule has 0 atom stereocenters. The summed E-state index contributed by atoms with van der Waals surface area (Å²) in [6, 6.07) is 0. The Morgan fingerprint density at radius 3 is 1.60 bits per heavy atom. The van der Waals surface area contributed by atoms with Crippen molar-refractivity contribution in [3.05, 3.63) is 0 Å². The van der Waals surface area contributed by atoms with Gasteiger partial charge in [0.25, 0.3) is 0 Å². The second-order valence-corrected chi connectivity index (χ2v) is 0.105. The van der Waals surface area contributed by atoms with E-state index in [1.165, 1.54) is 0 Å². The van der Waals surface area contributed by atoms with E-state index < -0.39 is 0 Å². The van der Waals surface area contributed by atoms with E-state index in [-0.39, 0.29) is 64.2 Å². The predicted octanol–water partition coefficient (Wildman–Crippen LogP) is -2.26. The second-order valence-electron chi connectivity index (χ2n) is 0.105. The molecule has 0 aliphatic rings. The monoisotopic (exact) mass is 101 g/mol. The third-order valence-corrected chi connectivity index (χ3v) is 0. The van der Waals surface area contributed by atoms with Crippen molar-refractivity contribution in [2.75, 3.05) is 0 Å². The fourth-order valence-corrected chi connectivity index (χ4v) is 0. The molecule has 0 saturated heterocycles. The molecule has 0 saturated carbocycles. The number of hydrogen-bond acceptors (Lipinski definition) is 1. The molecular formula is H3BKO3. The van der Waals surface area contributed by atoms with Crippen LogP contribution >= 0.6 is 0 Å². The molecule has 0 unspecified atom stereocenters. The van der Waals surface area contributed by atoms with Gasteiger partial charge in [-0.3, -0.25) is 0 Å². The summed E-state index contributed by atoms with van der Waals surface area (Å²) in [5.41, 5.74) is 0. The Hall–Kier alpha value is 1.26. The third-order valence-electron chi connectivity index (χ3n) is 0. The Morgan fingerprint density at radius 2 is 1.60 bits per heavy atom. The van der Waals surface area contributed by atoms with Crippen LogP contribution in [0.5, 0.6) is 0 Å². The van der Waals surface area contributed by atoms with Crippen LogP contribution in [0.15, 0.2) is 0 Å². The average Bonchev–Trinajstić information content (AvgIpc) is 0.918. The molecule has 0 aliphatic heterocycles. The summed E-state index contributed by atoms with van der Waals surface area (Å²) in [6.07, 6.45) is 0. The van der Waals surface area contributed by atoms with Gasteiger partial charge in [-0.1, -0.05) is 0 Å². The Morgan fingerprint density at radius 1 is 1.60 bits per heavy atom. The molecule has 0 aromatic heterocycles. The Balaban J connectivity index is -0.0000000200. The van der Waals surface area contributed by atoms with Gasteiger partial charge in [-0.05, 0) is 0 Å². The van der Waals surface area contributed by atoms with Gasteiger partial charge in [0.15, 0.2) is 0 Å². The van der Waals surface area contributed by atoms with Crippen LogP contribution in [0.1, 0.15) is 0 Å². The Bertz CT molecular complexity index is 14.4. The van der Waals surface area contributed by atoms with Crippen LogP contribution in [0.2, 0.25) is 0 Å². The van der Waals surface area contributed by atoms with E-state index in [0.717, 1.165) is 0 Å². The van der Waals surface area contributed by atoms with Gasteiger partial charge in [0.2, 0.25) is 0 Å². The van der Waals surface area contributed by atoms with Gasteiger partial charge in [0, 0.05) is 51.4 Å². The summed E-state index contributed by atoms with van der Waals surface area (Å²) in [5, 5.41) is 6.89. The van der Waals surface area contributed by atoms with Gasteiger partial charge in [-0.25, -0.2) is 0 Å². The van der Waals surface area contributed by atoms with Gasteiger partial charge in [-0.15, -0.1) is 0 Å². The van der Waals surface area contributed by atoms with E-state index >= 15 is 0 Å². The van der Waals surface area contributed by atoms with Crippen molar-refractivity contribution in [3.8, 4) is 0 Å². The smallest absolute Gasteiger partial charge is 0 e. The summed E-state index contributed by atoms with van der Waals surface area (Å²) in [6.45, 7) is 0. The van der Waals surface area contributed by atoms with Gasteiger partial charge in [0.05, 0.1) is 0 Å². The standard InChI is InChI=1S/BHO2.K.H2O/c2-1-3;;/h2H;;1H2. The maximum Gasteiger partial charge on any atom is 0 e. The van der Waals surface area contributed by atoms with Gasteiger partial charge in [-0.2, -0.15) is 0 Å². The first-order chi connectivity index (χ1) is 1.41. The molecule has 1 radical (unpaired) electrons. The van der Waals surface area contributed by atoms with Crippen LogP contribution in [0.3, 0.4) is 0 Å². The molecule has 0 aliphatic carbocycles. The van der Waals surface area contributed by atoms with Crippen LogP contribution in [0.25, 0.3) is 0 Å². The fraction of sp³-hybridized carbons (Fsp3) is 0. The van der Waals surface area contributed by atoms with E-state index in [2.05, 4.69) is 0 Å². The maximum atomic E-state index is 8.36. The molecule has 3 N–H and O–H groups in total. The minimum Gasteiger partial charge on any atom is 0 e. The summed E-state index contributed by atoms with van der Waals surface area (Å²) in [5.74, 6) is 0. The van der Waals surface area contributed by atoms with Crippen LogP contribution in [0.4, 0.5) is 0 Å². The summed E-state index contributed by atoms with van der Waals surface area (Å²) in [4.78, 5) is 0.